The molecule has 0 bridgehead atoms. The van der Waals surface area contributed by atoms with Gasteiger partial charge < -0.3 is 39.6 Å². The van der Waals surface area contributed by atoms with E-state index in [1.807, 2.05) is 0 Å². The van der Waals surface area contributed by atoms with Crippen molar-refractivity contribution < 1.29 is 39.6 Å². The molecule has 0 rings (SSSR count). The van der Waals surface area contributed by atoms with Gasteiger partial charge in [-0.1, -0.05) is 158 Å². The van der Waals surface area contributed by atoms with Crippen molar-refractivity contribution in [2.75, 3.05) is 23.0 Å². The first-order valence-corrected chi connectivity index (χ1v) is 42.3. The molecule has 0 aromatic rings. The van der Waals surface area contributed by atoms with Crippen molar-refractivity contribution in [3.63, 3.8) is 0 Å². The Morgan fingerprint density at radius 1 is 0.368 bits per heavy atom. The molecular weight excluding hydrogens is 1240 g/mol. The molecule has 0 aromatic carbocycles. The predicted octanol–water partition coefficient (Wildman–Crippen LogP) is 15.0. The van der Waals surface area contributed by atoms with Crippen LogP contribution >= 0.6 is 48.8 Å². The summed E-state index contributed by atoms with van der Waals surface area (Å²) in [4.78, 5) is 42.1. The maximum atomic E-state index is 10.6. The van der Waals surface area contributed by atoms with Crippen molar-refractivity contribution in [1.82, 2.24) is 0 Å². The first kappa shape index (κ1) is 88.1. The van der Waals surface area contributed by atoms with E-state index in [4.69, 9.17) is 0 Å². The quantitative estimate of drug-likeness (QED) is 0.0341. The fourth-order valence-corrected chi connectivity index (χ4v) is 18.3. The van der Waals surface area contributed by atoms with Crippen LogP contribution in [0.3, 0.4) is 0 Å². The molecule has 0 aliphatic heterocycles. The molecule has 0 amide bonds. The summed E-state index contributed by atoms with van der Waals surface area (Å²) in [6.45, 7) is 30.2. The van der Waals surface area contributed by atoms with Crippen LogP contribution in [0.25, 0.3) is 0 Å². The van der Waals surface area contributed by atoms with Gasteiger partial charge in [-0.25, -0.2) is 0 Å². The minimum atomic E-state index is -0.952. The van der Waals surface area contributed by atoms with Crippen molar-refractivity contribution in [2.45, 2.75) is 305 Å². The molecule has 14 heteroatoms. The molecule has 0 saturated carbocycles. The number of aliphatic carboxylic acids is 4. The Balaban J connectivity index is -0.000000196. The number of carboxylic acid groups (broad SMARTS) is 4. The summed E-state index contributed by atoms with van der Waals surface area (Å²) in [5, 5.41) is 41.4. The maximum absolute atomic E-state index is 10.6. The standard InChI is InChI=1S/2C12H24O2S.2C11H22O2S.4C4H9.2Sn/c2*1-10(2)7-5-3-4-6-8-11(9-15)12(13)14;2*1-4-6-7-10(5-2)8-14-9(3)11(12)13;4*1-3-4-2;;/h2*10-11,15H,3-9H2,1-2H3,(H,13,14);2*9-10H,4-8H2,1-3H3,(H,12,13);4*1,3-4H2,2H3;;/q;;;;;;;;2*+2/p-4. The molecule has 8 nitrogen and oxygen atoms in total. The number of hydrogen-bond acceptors (Lipinski definition) is 12. The zero-order valence-electron chi connectivity index (χ0n) is 52.1. The van der Waals surface area contributed by atoms with Gasteiger partial charge in [0.15, 0.2) is 0 Å². The summed E-state index contributed by atoms with van der Waals surface area (Å²) in [6, 6.07) is 0. The van der Waals surface area contributed by atoms with Crippen molar-refractivity contribution in [2.24, 2.45) is 35.5 Å². The van der Waals surface area contributed by atoms with Gasteiger partial charge in [-0.15, -0.1) is 0 Å². The normalized spacial score (nSPS) is 12.9. The van der Waals surface area contributed by atoms with E-state index in [1.165, 1.54) is 152 Å². The average molecular weight is 1360 g/mol. The van der Waals surface area contributed by atoms with Gasteiger partial charge in [0.1, 0.15) is 0 Å². The summed E-state index contributed by atoms with van der Waals surface area (Å²) in [6.07, 6.45) is 34.5. The molecule has 0 N–H and O–H groups in total. The van der Waals surface area contributed by atoms with Crippen LogP contribution in [-0.2, 0) is 19.2 Å². The Bertz CT molecular complexity index is 1090. The third-order valence-corrected chi connectivity index (χ3v) is 24.7. The third kappa shape index (κ3) is 76.9. The third-order valence-electron chi connectivity index (χ3n) is 13.0. The molecule has 0 saturated heterocycles. The molecule has 0 spiro atoms. The molecule has 6 unspecified atom stereocenters. The van der Waals surface area contributed by atoms with Gasteiger partial charge in [0.2, 0.25) is 0 Å². The van der Waals surface area contributed by atoms with Gasteiger partial charge in [0.25, 0.3) is 0 Å². The van der Waals surface area contributed by atoms with Crippen molar-refractivity contribution in [1.29, 1.82) is 0 Å². The predicted molar refractivity (Wildman–Crippen MR) is 341 cm³/mol. The molecule has 0 aliphatic rings. The van der Waals surface area contributed by atoms with Gasteiger partial charge >= 0.3 is 139 Å². The molecule has 0 aromatic heterocycles. The molecule has 0 fully saturated rings. The van der Waals surface area contributed by atoms with Crippen LogP contribution in [0.2, 0.25) is 17.7 Å². The van der Waals surface area contributed by atoms with E-state index in [-0.39, 0.29) is 64.6 Å². The van der Waals surface area contributed by atoms with E-state index >= 15 is 0 Å². The molecule has 76 heavy (non-hydrogen) atoms. The molecule has 6 atom stereocenters. The van der Waals surface area contributed by atoms with Crippen molar-refractivity contribution >= 4 is 115 Å². The fourth-order valence-electron chi connectivity index (χ4n) is 7.11. The Morgan fingerprint density at radius 2 is 0.632 bits per heavy atom. The number of carbonyl (C=O) groups is 4. The van der Waals surface area contributed by atoms with Gasteiger partial charge in [0, 0.05) is 34.3 Å². The number of unbranched alkanes of at least 4 members (excludes halogenated alkanes) is 12. The summed E-state index contributed by atoms with van der Waals surface area (Å²) < 4.78 is 6.50. The van der Waals surface area contributed by atoms with Crippen LogP contribution in [0.5, 0.6) is 0 Å². The summed E-state index contributed by atoms with van der Waals surface area (Å²) in [5.41, 5.74) is 0. The Morgan fingerprint density at radius 3 is 0.829 bits per heavy atom. The van der Waals surface area contributed by atoms with Crippen molar-refractivity contribution in [3.8, 4) is 0 Å². The second kappa shape index (κ2) is 72.0. The minimum absolute atomic E-state index is 0.149. The Kier molecular flexibility index (Phi) is 83.4. The van der Waals surface area contributed by atoms with Crippen LogP contribution in [0, 0.1) is 35.5 Å². The zero-order chi connectivity index (χ0) is 59.2. The first-order valence-electron chi connectivity index (χ1n) is 30.9. The number of carboxylic acids is 4. The van der Waals surface area contributed by atoms with Gasteiger partial charge in [0.05, 0.1) is 11.9 Å². The van der Waals surface area contributed by atoms with Crippen LogP contribution in [0.15, 0.2) is 0 Å². The SMILES string of the molecule is CC(C)CCCCCCC(CS)C(=O)[O-].CC(C)CCCCCCC(CS)C(=O)[O-].CCCCC(CC)CSC(C)C(=O)[O-].CCCCC(CC)CSC(C)C(=O)[O-].CCC[CH2][Sn+2][CH2]CCC.CCC[CH2][Sn+2][CH2]CCC. The van der Waals surface area contributed by atoms with E-state index in [9.17, 15) is 39.6 Å². The molecule has 0 radical (unpaired) electrons. The van der Waals surface area contributed by atoms with E-state index in [1.54, 1.807) is 31.6 Å². The average Bonchev–Trinajstić information content (AvgIpc) is 3.38. The van der Waals surface area contributed by atoms with Crippen LogP contribution in [0.1, 0.15) is 277 Å². The number of thiol groups is 2. The monoisotopic (exact) mass is 1360 g/mol. The second-order valence-electron chi connectivity index (χ2n) is 21.5. The first-order chi connectivity index (χ1) is 36.2. The second-order valence-corrected chi connectivity index (χ2v) is 33.5. The zero-order valence-corrected chi connectivity index (χ0v) is 61.2. The topological polar surface area (TPSA) is 161 Å². The van der Waals surface area contributed by atoms with Gasteiger partial charge in [-0.05, 0) is 86.2 Å². The number of carbonyl (C=O) groups excluding carboxylic acids is 4. The Hall–Kier alpha value is 0.877. The number of rotatable bonds is 46. The summed E-state index contributed by atoms with van der Waals surface area (Å²) in [5.74, 6) is 1.07. The van der Waals surface area contributed by atoms with E-state index in [0.717, 1.165) is 61.9 Å². The fraction of sp³-hybridized carbons (Fsp3) is 0.935. The van der Waals surface area contributed by atoms with Crippen LogP contribution in [0.4, 0.5) is 0 Å². The van der Waals surface area contributed by atoms with Crippen molar-refractivity contribution in [3.05, 3.63) is 0 Å². The summed E-state index contributed by atoms with van der Waals surface area (Å²) >= 11 is 11.3. The van der Waals surface area contributed by atoms with Crippen LogP contribution < -0.4 is 20.4 Å². The molecule has 0 heterocycles. The molecule has 452 valence electrons. The summed E-state index contributed by atoms with van der Waals surface area (Å²) in [7, 11) is 0. The van der Waals surface area contributed by atoms with Gasteiger partial charge in [-0.2, -0.15) is 48.8 Å². The Labute approximate surface area is 513 Å². The number of thioether (sulfide) groups is 2. The van der Waals surface area contributed by atoms with E-state index < -0.39 is 23.9 Å². The molecular formula is C62H124O8S4Sn2. The van der Waals surface area contributed by atoms with E-state index in [0.29, 0.717) is 36.2 Å². The number of hydrogen-bond donors (Lipinski definition) is 2. The van der Waals surface area contributed by atoms with E-state index in [2.05, 4.69) is 108 Å². The van der Waals surface area contributed by atoms with Gasteiger partial charge in [-0.3, -0.25) is 0 Å². The van der Waals surface area contributed by atoms with Crippen LogP contribution in [-0.4, -0.2) is 99.7 Å². The molecule has 0 aliphatic carbocycles.